The Balaban J connectivity index is 1.79. The van der Waals surface area contributed by atoms with Crippen molar-refractivity contribution >= 4 is 7.82 Å². The van der Waals surface area contributed by atoms with Gasteiger partial charge in [-0.2, -0.15) is 0 Å². The van der Waals surface area contributed by atoms with Crippen LogP contribution in [-0.2, 0) is 27.6 Å². The van der Waals surface area contributed by atoms with Crippen molar-refractivity contribution in [3.63, 3.8) is 0 Å². The van der Waals surface area contributed by atoms with Gasteiger partial charge in [0, 0.05) is 0 Å². The largest absolute Gasteiger partial charge is 0.474 e. The van der Waals surface area contributed by atoms with E-state index in [1.165, 1.54) is 0 Å². The van der Waals surface area contributed by atoms with Crippen LogP contribution in [-0.4, -0.2) is 45.2 Å². The van der Waals surface area contributed by atoms with Crippen LogP contribution in [0.1, 0.15) is 20.8 Å². The number of phosphoric acid groups is 1. The molecule has 2 atom stereocenters. The first-order valence-corrected chi connectivity index (χ1v) is 7.59. The van der Waals surface area contributed by atoms with E-state index in [4.69, 9.17) is 23.0 Å². The number of hydrogen-bond acceptors (Lipinski definition) is 6. The molecule has 0 aliphatic carbocycles. The summed E-state index contributed by atoms with van der Waals surface area (Å²) < 4.78 is 38.2. The first-order chi connectivity index (χ1) is 8.36. The van der Waals surface area contributed by atoms with E-state index in [-0.39, 0.29) is 30.8 Å². The summed E-state index contributed by atoms with van der Waals surface area (Å²) in [5.74, 6) is 0. The van der Waals surface area contributed by atoms with Gasteiger partial charge >= 0.3 is 7.82 Å². The Bertz CT molecular complexity index is 298. The van der Waals surface area contributed by atoms with Gasteiger partial charge in [-0.1, -0.05) is 20.8 Å². The third-order valence-electron chi connectivity index (χ3n) is 2.30. The molecule has 0 aromatic heterocycles. The zero-order chi connectivity index (χ0) is 13.2. The molecule has 7 heteroatoms. The van der Waals surface area contributed by atoms with Gasteiger partial charge in [-0.15, -0.1) is 0 Å². The number of hydrogen-bond donors (Lipinski definition) is 0. The van der Waals surface area contributed by atoms with E-state index in [9.17, 15) is 4.57 Å². The molecule has 2 rings (SSSR count). The van der Waals surface area contributed by atoms with Crippen molar-refractivity contribution in [3.8, 4) is 0 Å². The summed E-state index contributed by atoms with van der Waals surface area (Å²) >= 11 is 0. The molecule has 0 amide bonds. The molecule has 6 nitrogen and oxygen atoms in total. The topological polar surface area (TPSA) is 69.8 Å². The van der Waals surface area contributed by atoms with Gasteiger partial charge in [-0.05, 0) is 5.41 Å². The van der Waals surface area contributed by atoms with E-state index in [0.29, 0.717) is 19.8 Å². The predicted molar refractivity (Wildman–Crippen MR) is 64.4 cm³/mol. The van der Waals surface area contributed by atoms with Gasteiger partial charge in [0.15, 0.2) is 0 Å². The summed E-state index contributed by atoms with van der Waals surface area (Å²) in [5.41, 5.74) is -0.103. The van der Waals surface area contributed by atoms with Crippen LogP contribution in [0.5, 0.6) is 0 Å². The number of phosphoric ester groups is 1. The van der Waals surface area contributed by atoms with Crippen molar-refractivity contribution < 1.29 is 27.6 Å². The fraction of sp³-hybridized carbons (Fsp3) is 1.00. The second-order valence-corrected chi connectivity index (χ2v) is 7.45. The molecule has 18 heavy (non-hydrogen) atoms. The maximum atomic E-state index is 12.3. The van der Waals surface area contributed by atoms with Gasteiger partial charge in [0.1, 0.15) is 12.2 Å². The van der Waals surface area contributed by atoms with E-state index < -0.39 is 7.82 Å². The number of rotatable bonds is 8. The zero-order valence-corrected chi connectivity index (χ0v) is 12.0. The Morgan fingerprint density at radius 2 is 1.50 bits per heavy atom. The second kappa shape index (κ2) is 5.57. The highest BCUT2D eigenvalue weighted by Gasteiger charge is 2.36. The monoisotopic (exact) mass is 280 g/mol. The van der Waals surface area contributed by atoms with Crippen LogP contribution in [0.4, 0.5) is 0 Å². The van der Waals surface area contributed by atoms with E-state index >= 15 is 0 Å². The Labute approximate surface area is 107 Å². The Morgan fingerprint density at radius 3 is 1.83 bits per heavy atom. The Morgan fingerprint density at radius 1 is 1.06 bits per heavy atom. The quantitative estimate of drug-likeness (QED) is 0.500. The molecular weight excluding hydrogens is 259 g/mol. The highest BCUT2D eigenvalue weighted by Crippen LogP contribution is 2.51. The Kier molecular flexibility index (Phi) is 4.47. The van der Waals surface area contributed by atoms with Gasteiger partial charge in [0.25, 0.3) is 0 Å². The minimum absolute atomic E-state index is 0.0253. The van der Waals surface area contributed by atoms with Crippen molar-refractivity contribution in [2.45, 2.75) is 33.0 Å². The zero-order valence-electron chi connectivity index (χ0n) is 11.1. The van der Waals surface area contributed by atoms with Gasteiger partial charge in [-0.3, -0.25) is 13.6 Å². The summed E-state index contributed by atoms with van der Waals surface area (Å²) in [6.45, 7) is 8.05. The molecule has 0 bridgehead atoms. The van der Waals surface area contributed by atoms with E-state index in [0.717, 1.165) is 0 Å². The molecule has 2 heterocycles. The van der Waals surface area contributed by atoms with E-state index in [1.807, 2.05) is 20.8 Å². The highest BCUT2D eigenvalue weighted by atomic mass is 31.2. The van der Waals surface area contributed by atoms with Gasteiger partial charge in [0.05, 0.1) is 33.0 Å². The lowest BCUT2D eigenvalue weighted by Crippen LogP contribution is -2.16. The number of epoxide rings is 2. The molecule has 2 aliphatic heterocycles. The van der Waals surface area contributed by atoms with Crippen LogP contribution in [0.2, 0.25) is 0 Å². The molecule has 106 valence electrons. The van der Waals surface area contributed by atoms with Crippen LogP contribution in [0, 0.1) is 5.41 Å². The lowest BCUT2D eigenvalue weighted by molar-refractivity contribution is 0.0773. The first-order valence-electron chi connectivity index (χ1n) is 6.13. The maximum Gasteiger partial charge on any atom is 0.474 e. The van der Waals surface area contributed by atoms with Crippen molar-refractivity contribution in [3.05, 3.63) is 0 Å². The van der Waals surface area contributed by atoms with Crippen molar-refractivity contribution in [2.75, 3.05) is 33.0 Å². The van der Waals surface area contributed by atoms with Crippen LogP contribution < -0.4 is 0 Å². The molecule has 0 spiro atoms. The molecule has 0 radical (unpaired) electrons. The second-order valence-electron chi connectivity index (χ2n) is 5.78. The summed E-state index contributed by atoms with van der Waals surface area (Å²) in [4.78, 5) is 0. The standard InChI is InChI=1S/C11H21O6P/c1-11(2,3)8-17-18(12,15-6-9-4-13-9)16-7-10-5-14-10/h9-10H,4-8H2,1-3H3. The first kappa shape index (κ1) is 14.4. The summed E-state index contributed by atoms with van der Waals surface area (Å²) in [7, 11) is -3.50. The molecule has 2 aliphatic rings. The normalized spacial score (nSPS) is 29.9. The fourth-order valence-electron chi connectivity index (χ4n) is 1.06. The smallest absolute Gasteiger partial charge is 0.371 e. The van der Waals surface area contributed by atoms with Crippen LogP contribution >= 0.6 is 7.82 Å². The molecule has 0 aromatic rings. The fourth-order valence-corrected chi connectivity index (χ4v) is 2.53. The van der Waals surface area contributed by atoms with Gasteiger partial charge < -0.3 is 9.47 Å². The van der Waals surface area contributed by atoms with Gasteiger partial charge in [0.2, 0.25) is 0 Å². The van der Waals surface area contributed by atoms with Crippen molar-refractivity contribution in [1.29, 1.82) is 0 Å². The summed E-state index contributed by atoms with van der Waals surface area (Å²) in [5, 5.41) is 0. The van der Waals surface area contributed by atoms with Crippen molar-refractivity contribution in [1.82, 2.24) is 0 Å². The average Bonchev–Trinajstić information content (AvgIpc) is 3.15. The lowest BCUT2D eigenvalue weighted by Gasteiger charge is -2.23. The van der Waals surface area contributed by atoms with Gasteiger partial charge in [-0.25, -0.2) is 4.57 Å². The third-order valence-corrected chi connectivity index (χ3v) is 3.67. The summed E-state index contributed by atoms with van der Waals surface area (Å²) in [6.07, 6.45) is 0.0506. The minimum atomic E-state index is -3.50. The SMILES string of the molecule is CC(C)(C)COP(=O)(OCC1CO1)OCC1CO1. The molecular formula is C11H21O6P. The highest BCUT2D eigenvalue weighted by molar-refractivity contribution is 7.48. The third kappa shape index (κ3) is 5.78. The summed E-state index contributed by atoms with van der Waals surface area (Å²) in [6, 6.07) is 0. The van der Waals surface area contributed by atoms with E-state index in [1.54, 1.807) is 0 Å². The minimum Gasteiger partial charge on any atom is -0.371 e. The predicted octanol–water partition coefficient (Wildman–Crippen LogP) is 1.99. The molecule has 2 saturated heterocycles. The maximum absolute atomic E-state index is 12.3. The lowest BCUT2D eigenvalue weighted by atomic mass is 9.99. The molecule has 2 fully saturated rings. The molecule has 0 N–H and O–H groups in total. The van der Waals surface area contributed by atoms with Crippen molar-refractivity contribution in [2.24, 2.45) is 5.41 Å². The van der Waals surface area contributed by atoms with Crippen LogP contribution in [0.25, 0.3) is 0 Å². The molecule has 0 aromatic carbocycles. The van der Waals surface area contributed by atoms with E-state index in [2.05, 4.69) is 0 Å². The molecule has 0 saturated carbocycles. The molecule has 2 unspecified atom stereocenters. The average molecular weight is 280 g/mol. The number of ether oxygens (including phenoxy) is 2. The van der Waals surface area contributed by atoms with Crippen LogP contribution in [0.3, 0.4) is 0 Å². The Hall–Kier alpha value is 0.0300. The van der Waals surface area contributed by atoms with Crippen LogP contribution in [0.15, 0.2) is 0 Å².